The Hall–Kier alpha value is -1.88. The van der Waals surface area contributed by atoms with Crippen molar-refractivity contribution in [3.63, 3.8) is 0 Å². The second-order valence-electron chi connectivity index (χ2n) is 4.42. The van der Waals surface area contributed by atoms with Gasteiger partial charge in [-0.1, -0.05) is 0 Å². The molecular formula is C14H18N2O3. The van der Waals surface area contributed by atoms with Gasteiger partial charge in [-0.2, -0.15) is 5.10 Å². The van der Waals surface area contributed by atoms with Crippen LogP contribution in [-0.2, 0) is 9.47 Å². The molecule has 102 valence electrons. The van der Waals surface area contributed by atoms with E-state index >= 15 is 0 Å². The van der Waals surface area contributed by atoms with Gasteiger partial charge in [-0.3, -0.25) is 0 Å². The molecule has 5 nitrogen and oxygen atoms in total. The van der Waals surface area contributed by atoms with E-state index in [4.69, 9.17) is 9.47 Å². The maximum Gasteiger partial charge on any atom is 0.340 e. The fourth-order valence-electron chi connectivity index (χ4n) is 2.12. The van der Waals surface area contributed by atoms with Gasteiger partial charge in [0.25, 0.3) is 0 Å². The Morgan fingerprint density at radius 3 is 2.89 bits per heavy atom. The summed E-state index contributed by atoms with van der Waals surface area (Å²) in [5.74, 6) is -0.366. The lowest BCUT2D eigenvalue weighted by Crippen LogP contribution is -2.13. The van der Waals surface area contributed by atoms with E-state index in [2.05, 4.69) is 5.10 Å². The number of aromatic nitrogens is 2. The summed E-state index contributed by atoms with van der Waals surface area (Å²) < 4.78 is 12.2. The summed E-state index contributed by atoms with van der Waals surface area (Å²) in [5.41, 5.74) is 3.22. The average molecular weight is 262 g/mol. The summed E-state index contributed by atoms with van der Waals surface area (Å²) in [6, 6.07) is 1.99. The Bertz CT molecular complexity index is 604. The number of ether oxygens (including phenoxy) is 2. The number of hydrogen-bond acceptors (Lipinski definition) is 4. The minimum atomic E-state index is -0.366. The van der Waals surface area contributed by atoms with Crippen LogP contribution in [0.15, 0.2) is 18.5 Å². The predicted molar refractivity (Wildman–Crippen MR) is 71.3 cm³/mol. The molecule has 0 aliphatic heterocycles. The van der Waals surface area contributed by atoms with Crippen molar-refractivity contribution in [3.05, 3.63) is 35.2 Å². The van der Waals surface area contributed by atoms with Gasteiger partial charge in [-0.25, -0.2) is 9.31 Å². The van der Waals surface area contributed by atoms with Crippen molar-refractivity contribution in [2.45, 2.75) is 26.9 Å². The SMILES string of the molecule is CCOC(=O)c1cnn2cc(C)cc2c1[C@H](C)OC. The molecule has 0 fully saturated rings. The van der Waals surface area contributed by atoms with E-state index in [0.29, 0.717) is 12.2 Å². The first kappa shape index (κ1) is 13.5. The molecule has 0 spiro atoms. The Morgan fingerprint density at radius 2 is 2.26 bits per heavy atom. The summed E-state index contributed by atoms with van der Waals surface area (Å²) in [4.78, 5) is 12.0. The average Bonchev–Trinajstić information content (AvgIpc) is 2.77. The molecule has 0 bridgehead atoms. The highest BCUT2D eigenvalue weighted by Gasteiger charge is 2.21. The Labute approximate surface area is 112 Å². The fraction of sp³-hybridized carbons (Fsp3) is 0.429. The van der Waals surface area contributed by atoms with Gasteiger partial charge in [0.05, 0.1) is 30.0 Å². The Kier molecular flexibility index (Phi) is 3.85. The zero-order valence-corrected chi connectivity index (χ0v) is 11.6. The van der Waals surface area contributed by atoms with Crippen molar-refractivity contribution < 1.29 is 14.3 Å². The van der Waals surface area contributed by atoms with Gasteiger partial charge in [0.15, 0.2) is 0 Å². The number of esters is 1. The fourth-order valence-corrected chi connectivity index (χ4v) is 2.12. The maximum atomic E-state index is 12.0. The number of hydrogen-bond donors (Lipinski definition) is 0. The molecule has 0 radical (unpaired) electrons. The zero-order chi connectivity index (χ0) is 14.0. The predicted octanol–water partition coefficient (Wildman–Crippen LogP) is 2.53. The molecule has 5 heteroatoms. The first-order chi connectivity index (χ1) is 9.08. The molecule has 0 unspecified atom stereocenters. The van der Waals surface area contributed by atoms with Crippen molar-refractivity contribution in [2.24, 2.45) is 0 Å². The van der Waals surface area contributed by atoms with Crippen LogP contribution in [0.1, 0.15) is 41.4 Å². The van der Waals surface area contributed by atoms with Crippen LogP contribution in [0.4, 0.5) is 0 Å². The summed E-state index contributed by atoms with van der Waals surface area (Å²) in [7, 11) is 1.62. The number of rotatable bonds is 4. The molecule has 0 N–H and O–H groups in total. The highest BCUT2D eigenvalue weighted by molar-refractivity contribution is 5.93. The van der Waals surface area contributed by atoms with Gasteiger partial charge in [0.2, 0.25) is 0 Å². The molecule has 0 aliphatic rings. The van der Waals surface area contributed by atoms with Crippen LogP contribution in [0.5, 0.6) is 0 Å². The van der Waals surface area contributed by atoms with Crippen molar-refractivity contribution in [2.75, 3.05) is 13.7 Å². The summed E-state index contributed by atoms with van der Waals surface area (Å²) in [6.07, 6.45) is 3.24. The number of carbonyl (C=O) groups excluding carboxylic acids is 1. The van der Waals surface area contributed by atoms with Crippen LogP contribution in [0.3, 0.4) is 0 Å². The highest BCUT2D eigenvalue weighted by Crippen LogP contribution is 2.26. The lowest BCUT2D eigenvalue weighted by molar-refractivity contribution is 0.0515. The van der Waals surface area contributed by atoms with Gasteiger partial charge in [-0.15, -0.1) is 0 Å². The van der Waals surface area contributed by atoms with Gasteiger partial charge >= 0.3 is 5.97 Å². The Balaban J connectivity index is 2.65. The molecular weight excluding hydrogens is 244 g/mol. The largest absolute Gasteiger partial charge is 0.462 e. The minimum Gasteiger partial charge on any atom is -0.462 e. The van der Waals surface area contributed by atoms with Crippen molar-refractivity contribution in [1.29, 1.82) is 0 Å². The molecule has 2 rings (SSSR count). The lowest BCUT2D eigenvalue weighted by Gasteiger charge is -2.15. The third-order valence-corrected chi connectivity index (χ3v) is 3.07. The molecule has 0 aromatic carbocycles. The summed E-state index contributed by atoms with van der Waals surface area (Å²) in [6.45, 7) is 6.01. The number of carbonyl (C=O) groups is 1. The van der Waals surface area contributed by atoms with Crippen molar-refractivity contribution in [3.8, 4) is 0 Å². The monoisotopic (exact) mass is 262 g/mol. The van der Waals surface area contributed by atoms with Crippen molar-refractivity contribution >= 4 is 11.5 Å². The second-order valence-corrected chi connectivity index (χ2v) is 4.42. The molecule has 0 aliphatic carbocycles. The van der Waals surface area contributed by atoms with Crippen LogP contribution >= 0.6 is 0 Å². The minimum absolute atomic E-state index is 0.209. The van der Waals surface area contributed by atoms with E-state index < -0.39 is 0 Å². The van der Waals surface area contributed by atoms with Crippen LogP contribution < -0.4 is 0 Å². The number of aryl methyl sites for hydroxylation is 1. The molecule has 1 atom stereocenters. The highest BCUT2D eigenvalue weighted by atomic mass is 16.5. The third-order valence-electron chi connectivity index (χ3n) is 3.07. The first-order valence-corrected chi connectivity index (χ1v) is 6.26. The zero-order valence-electron chi connectivity index (χ0n) is 11.6. The molecule has 0 amide bonds. The molecule has 0 saturated carbocycles. The summed E-state index contributed by atoms with van der Waals surface area (Å²) >= 11 is 0. The van der Waals surface area contributed by atoms with Gasteiger partial charge in [0, 0.05) is 18.9 Å². The van der Waals surface area contributed by atoms with Crippen LogP contribution in [-0.4, -0.2) is 29.3 Å². The van der Waals surface area contributed by atoms with E-state index in [1.165, 1.54) is 6.20 Å². The van der Waals surface area contributed by atoms with E-state index in [1.807, 2.05) is 26.1 Å². The molecule has 0 saturated heterocycles. The van der Waals surface area contributed by atoms with Crippen LogP contribution in [0.25, 0.3) is 5.52 Å². The van der Waals surface area contributed by atoms with Gasteiger partial charge in [0.1, 0.15) is 0 Å². The van der Waals surface area contributed by atoms with Gasteiger partial charge in [-0.05, 0) is 32.4 Å². The quantitative estimate of drug-likeness (QED) is 0.794. The molecule has 2 heterocycles. The topological polar surface area (TPSA) is 52.8 Å². The number of fused-ring (bicyclic) bond motifs is 1. The number of nitrogens with zero attached hydrogens (tertiary/aromatic N) is 2. The van der Waals surface area contributed by atoms with Crippen molar-refractivity contribution in [1.82, 2.24) is 9.61 Å². The third kappa shape index (κ3) is 2.46. The normalized spacial score (nSPS) is 12.6. The second kappa shape index (κ2) is 5.40. The Morgan fingerprint density at radius 1 is 1.53 bits per heavy atom. The smallest absolute Gasteiger partial charge is 0.340 e. The molecule has 19 heavy (non-hydrogen) atoms. The number of methoxy groups -OCH3 is 1. The first-order valence-electron chi connectivity index (χ1n) is 6.26. The standard InChI is InChI=1S/C14H18N2O3/c1-5-19-14(17)11-7-15-16-8-9(2)6-12(16)13(11)10(3)18-4/h6-8,10H,5H2,1-4H3/t10-/m0/s1. The van der Waals surface area contributed by atoms with Gasteiger partial charge < -0.3 is 9.47 Å². The van der Waals surface area contributed by atoms with E-state index in [0.717, 1.165) is 16.6 Å². The van der Waals surface area contributed by atoms with Crippen LogP contribution in [0, 0.1) is 6.92 Å². The van der Waals surface area contributed by atoms with Crippen LogP contribution in [0.2, 0.25) is 0 Å². The van der Waals surface area contributed by atoms with E-state index in [1.54, 1.807) is 18.5 Å². The molecule has 2 aromatic heterocycles. The van der Waals surface area contributed by atoms with E-state index in [-0.39, 0.29) is 12.1 Å². The van der Waals surface area contributed by atoms with E-state index in [9.17, 15) is 4.79 Å². The summed E-state index contributed by atoms with van der Waals surface area (Å²) in [5, 5.41) is 4.24. The molecule has 2 aromatic rings. The lowest BCUT2D eigenvalue weighted by atomic mass is 10.0. The maximum absolute atomic E-state index is 12.0.